The summed E-state index contributed by atoms with van der Waals surface area (Å²) in [6.45, 7) is 0.312. The van der Waals surface area contributed by atoms with E-state index in [0.717, 1.165) is 5.39 Å². The number of piperidine rings is 1. The zero-order chi connectivity index (χ0) is 17.2. The molecule has 0 aliphatic carbocycles. The van der Waals surface area contributed by atoms with Gasteiger partial charge in [-0.3, -0.25) is 0 Å². The van der Waals surface area contributed by atoms with Crippen LogP contribution in [0.5, 0.6) is 0 Å². The second-order valence-corrected chi connectivity index (χ2v) is 7.69. The Hall–Kier alpha value is -1.96. The zero-order valence-electron chi connectivity index (χ0n) is 13.1. The number of nitrogens with zero attached hydrogens (tertiary/aromatic N) is 1. The number of carboxylic acid groups (broad SMARTS) is 1. The van der Waals surface area contributed by atoms with Crippen molar-refractivity contribution in [2.45, 2.75) is 23.8 Å². The first-order chi connectivity index (χ1) is 11.5. The maximum Gasteiger partial charge on any atom is 0.329 e. The molecule has 0 aromatic heterocycles. The minimum absolute atomic E-state index is 0.208. The second kappa shape index (κ2) is 6.88. The van der Waals surface area contributed by atoms with E-state index in [0.29, 0.717) is 36.2 Å². The van der Waals surface area contributed by atoms with Gasteiger partial charge in [-0.2, -0.15) is 4.31 Å². The molecule has 0 amide bonds. The normalized spacial score (nSPS) is 17.2. The first kappa shape index (κ1) is 16.9. The minimum Gasteiger partial charge on any atom is -0.480 e. The first-order valence-corrected chi connectivity index (χ1v) is 9.24. The van der Waals surface area contributed by atoms with Crippen molar-refractivity contribution in [3.8, 4) is 0 Å². The number of rotatable bonds is 5. The molecule has 1 saturated heterocycles. The first-order valence-electron chi connectivity index (χ1n) is 7.80. The molecule has 0 spiro atoms. The van der Waals surface area contributed by atoms with Gasteiger partial charge in [-0.1, -0.05) is 36.4 Å². The Labute approximate surface area is 140 Å². The topological polar surface area (TPSA) is 83.9 Å². The summed E-state index contributed by atoms with van der Waals surface area (Å²) in [7, 11) is -3.58. The van der Waals surface area contributed by atoms with E-state index in [-0.39, 0.29) is 12.7 Å². The van der Waals surface area contributed by atoms with E-state index in [1.165, 1.54) is 4.31 Å². The summed E-state index contributed by atoms with van der Waals surface area (Å²) < 4.78 is 32.6. The number of ether oxygens (including phenoxy) is 1. The van der Waals surface area contributed by atoms with Crippen LogP contribution in [0.15, 0.2) is 47.4 Å². The van der Waals surface area contributed by atoms with Crippen molar-refractivity contribution in [2.75, 3.05) is 19.7 Å². The molecule has 0 radical (unpaired) electrons. The Bertz CT molecular complexity index is 836. The molecule has 0 saturated carbocycles. The highest BCUT2D eigenvalue weighted by molar-refractivity contribution is 7.89. The molecule has 0 atom stereocenters. The summed E-state index contributed by atoms with van der Waals surface area (Å²) in [5.74, 6) is -1.01. The van der Waals surface area contributed by atoms with Crippen molar-refractivity contribution in [3.63, 3.8) is 0 Å². The van der Waals surface area contributed by atoms with E-state index in [1.807, 2.05) is 30.3 Å². The largest absolute Gasteiger partial charge is 0.480 e. The number of hydrogen-bond donors (Lipinski definition) is 1. The van der Waals surface area contributed by atoms with Gasteiger partial charge in [0.25, 0.3) is 0 Å². The summed E-state index contributed by atoms with van der Waals surface area (Å²) in [4.78, 5) is 10.9. The quantitative estimate of drug-likeness (QED) is 0.894. The van der Waals surface area contributed by atoms with Gasteiger partial charge >= 0.3 is 5.97 Å². The van der Waals surface area contributed by atoms with Crippen LogP contribution >= 0.6 is 0 Å². The number of carbonyl (C=O) groups is 1. The molecule has 6 nitrogen and oxygen atoms in total. The summed E-state index contributed by atoms with van der Waals surface area (Å²) in [6.07, 6.45) is 0.786. The van der Waals surface area contributed by atoms with Gasteiger partial charge in [-0.05, 0) is 24.3 Å². The van der Waals surface area contributed by atoms with Crippen LogP contribution in [0.1, 0.15) is 12.8 Å². The molecule has 2 aromatic carbocycles. The molecular weight excluding hydrogens is 330 g/mol. The SMILES string of the molecule is O=C(O)COC1CCN(S(=O)(=O)c2cccc3ccccc23)CC1. The van der Waals surface area contributed by atoms with Gasteiger partial charge in [0.1, 0.15) is 6.61 Å². The third kappa shape index (κ3) is 3.43. The van der Waals surface area contributed by atoms with Gasteiger partial charge < -0.3 is 9.84 Å². The van der Waals surface area contributed by atoms with Gasteiger partial charge in [-0.15, -0.1) is 0 Å². The molecule has 1 aliphatic rings. The predicted octanol–water partition coefficient (Wildman–Crippen LogP) is 2.09. The van der Waals surface area contributed by atoms with Crippen molar-refractivity contribution < 1.29 is 23.1 Å². The molecule has 1 aliphatic heterocycles. The van der Waals surface area contributed by atoms with Crippen LogP contribution in [-0.4, -0.2) is 49.6 Å². The van der Waals surface area contributed by atoms with Gasteiger partial charge in [-0.25, -0.2) is 13.2 Å². The lowest BCUT2D eigenvalue weighted by Gasteiger charge is -2.31. The monoisotopic (exact) mass is 349 g/mol. The molecule has 7 heteroatoms. The highest BCUT2D eigenvalue weighted by Crippen LogP contribution is 2.28. The molecule has 24 heavy (non-hydrogen) atoms. The number of hydrogen-bond acceptors (Lipinski definition) is 4. The fraction of sp³-hybridized carbons (Fsp3) is 0.353. The number of fused-ring (bicyclic) bond motifs is 1. The average molecular weight is 349 g/mol. The van der Waals surface area contributed by atoms with Crippen molar-refractivity contribution >= 4 is 26.8 Å². The lowest BCUT2D eigenvalue weighted by Crippen LogP contribution is -2.41. The number of aliphatic carboxylic acids is 1. The Morgan fingerprint density at radius 2 is 1.79 bits per heavy atom. The highest BCUT2D eigenvalue weighted by Gasteiger charge is 2.30. The Morgan fingerprint density at radius 1 is 1.12 bits per heavy atom. The predicted molar refractivity (Wildman–Crippen MR) is 89.3 cm³/mol. The summed E-state index contributed by atoms with van der Waals surface area (Å²) >= 11 is 0. The van der Waals surface area contributed by atoms with Crippen LogP contribution in [0, 0.1) is 0 Å². The maximum atomic E-state index is 13.0. The lowest BCUT2D eigenvalue weighted by atomic mass is 10.1. The molecular formula is C17H19NO5S. The van der Waals surface area contributed by atoms with Crippen molar-refractivity contribution in [2.24, 2.45) is 0 Å². The average Bonchev–Trinajstić information content (AvgIpc) is 2.59. The molecule has 2 aromatic rings. The van der Waals surface area contributed by atoms with Gasteiger partial charge in [0, 0.05) is 18.5 Å². The molecule has 1 fully saturated rings. The molecule has 1 N–H and O–H groups in total. The van der Waals surface area contributed by atoms with E-state index in [9.17, 15) is 13.2 Å². The van der Waals surface area contributed by atoms with E-state index >= 15 is 0 Å². The van der Waals surface area contributed by atoms with Crippen molar-refractivity contribution in [1.82, 2.24) is 4.31 Å². The smallest absolute Gasteiger partial charge is 0.329 e. The highest BCUT2D eigenvalue weighted by atomic mass is 32.2. The molecule has 1 heterocycles. The third-order valence-corrected chi connectivity index (χ3v) is 6.17. The van der Waals surface area contributed by atoms with Crippen LogP contribution in [-0.2, 0) is 19.6 Å². The number of benzene rings is 2. The van der Waals surface area contributed by atoms with Crippen LogP contribution in [0.25, 0.3) is 10.8 Å². The Morgan fingerprint density at radius 3 is 2.50 bits per heavy atom. The van der Waals surface area contributed by atoms with Crippen LogP contribution in [0.3, 0.4) is 0 Å². The third-order valence-electron chi connectivity index (χ3n) is 4.21. The van der Waals surface area contributed by atoms with E-state index in [4.69, 9.17) is 9.84 Å². The second-order valence-electron chi connectivity index (χ2n) is 5.79. The minimum atomic E-state index is -3.58. The zero-order valence-corrected chi connectivity index (χ0v) is 13.9. The Kier molecular flexibility index (Phi) is 4.84. The van der Waals surface area contributed by atoms with Crippen LogP contribution in [0.2, 0.25) is 0 Å². The van der Waals surface area contributed by atoms with E-state index < -0.39 is 16.0 Å². The fourth-order valence-electron chi connectivity index (χ4n) is 2.99. The van der Waals surface area contributed by atoms with Crippen molar-refractivity contribution in [3.05, 3.63) is 42.5 Å². The lowest BCUT2D eigenvalue weighted by molar-refractivity contribution is -0.145. The van der Waals surface area contributed by atoms with E-state index in [1.54, 1.807) is 12.1 Å². The van der Waals surface area contributed by atoms with Gasteiger partial charge in [0.15, 0.2) is 0 Å². The molecule has 0 unspecified atom stereocenters. The summed E-state index contributed by atoms with van der Waals surface area (Å²) in [5.41, 5.74) is 0. The number of carboxylic acids is 1. The Balaban J connectivity index is 1.78. The van der Waals surface area contributed by atoms with Crippen molar-refractivity contribution in [1.29, 1.82) is 0 Å². The summed E-state index contributed by atoms with van der Waals surface area (Å²) in [6, 6.07) is 12.7. The molecule has 3 rings (SSSR count). The maximum absolute atomic E-state index is 13.0. The fourth-order valence-corrected chi connectivity index (χ4v) is 4.67. The summed E-state index contributed by atoms with van der Waals surface area (Å²) in [5, 5.41) is 10.2. The molecule has 128 valence electrons. The van der Waals surface area contributed by atoms with Gasteiger partial charge in [0.2, 0.25) is 10.0 Å². The van der Waals surface area contributed by atoms with E-state index in [2.05, 4.69) is 0 Å². The number of sulfonamides is 1. The standard InChI is InChI=1S/C17H19NO5S/c19-17(20)12-23-14-8-10-18(11-9-14)24(21,22)16-7-3-5-13-4-1-2-6-15(13)16/h1-7,14H,8-12H2,(H,19,20). The molecule has 0 bridgehead atoms. The van der Waals surface area contributed by atoms with Gasteiger partial charge in [0.05, 0.1) is 11.0 Å². The van der Waals surface area contributed by atoms with Crippen LogP contribution in [0.4, 0.5) is 0 Å². The van der Waals surface area contributed by atoms with Crippen LogP contribution < -0.4 is 0 Å².